The summed E-state index contributed by atoms with van der Waals surface area (Å²) in [5.74, 6) is -0.331. The highest BCUT2D eigenvalue weighted by Crippen LogP contribution is 2.37. The minimum atomic E-state index is -0.515. The Hall–Kier alpha value is -1.22. The Morgan fingerprint density at radius 1 is 1.43 bits per heavy atom. The van der Waals surface area contributed by atoms with Gasteiger partial charge in [-0.1, -0.05) is 12.8 Å². The van der Waals surface area contributed by atoms with Gasteiger partial charge in [0, 0.05) is 27.7 Å². The minimum Gasteiger partial charge on any atom is -0.396 e. The van der Waals surface area contributed by atoms with Crippen molar-refractivity contribution in [2.45, 2.75) is 25.7 Å². The van der Waals surface area contributed by atoms with Crippen molar-refractivity contribution in [1.82, 2.24) is 5.32 Å². The first kappa shape index (κ1) is 16.2. The molecule has 2 N–H and O–H groups in total. The van der Waals surface area contributed by atoms with E-state index in [0.717, 1.165) is 25.7 Å². The fraction of sp³-hybridized carbons (Fsp3) is 0.500. The molecule has 0 radical (unpaired) electrons. The molecule has 114 valence electrons. The van der Waals surface area contributed by atoms with Gasteiger partial charge in [0.25, 0.3) is 11.6 Å². The quantitative estimate of drug-likeness (QED) is 0.448. The standard InChI is InChI=1S/C14H17IN2O4/c15-12-4-3-10(17(20)21)7-11(12)13(19)16-8-14(9-18)5-1-2-6-14/h3-4,7,18H,1-2,5-6,8-9H2,(H,16,19). The zero-order valence-corrected chi connectivity index (χ0v) is 13.6. The van der Waals surface area contributed by atoms with Crippen LogP contribution in [0.15, 0.2) is 18.2 Å². The van der Waals surface area contributed by atoms with Crippen molar-refractivity contribution < 1.29 is 14.8 Å². The molecule has 1 aliphatic rings. The minimum absolute atomic E-state index is 0.0549. The number of rotatable bonds is 5. The molecule has 0 heterocycles. The van der Waals surface area contributed by atoms with Crippen LogP contribution in [0.3, 0.4) is 0 Å². The molecule has 0 unspecified atom stereocenters. The van der Waals surface area contributed by atoms with E-state index in [1.165, 1.54) is 12.1 Å². The van der Waals surface area contributed by atoms with Crippen LogP contribution in [0.2, 0.25) is 0 Å². The molecule has 6 nitrogen and oxygen atoms in total. The number of nitro benzene ring substituents is 1. The molecular weight excluding hydrogens is 387 g/mol. The average Bonchev–Trinajstić information content (AvgIpc) is 2.94. The Labute approximate surface area is 136 Å². The number of non-ortho nitro benzene ring substituents is 1. The molecule has 1 aliphatic carbocycles. The van der Waals surface area contributed by atoms with Crippen LogP contribution in [0.25, 0.3) is 0 Å². The number of nitrogens with zero attached hydrogens (tertiary/aromatic N) is 1. The lowest BCUT2D eigenvalue weighted by atomic mass is 9.87. The average molecular weight is 404 g/mol. The number of carbonyl (C=O) groups is 1. The number of aliphatic hydroxyl groups excluding tert-OH is 1. The lowest BCUT2D eigenvalue weighted by Gasteiger charge is -2.26. The Morgan fingerprint density at radius 2 is 2.10 bits per heavy atom. The fourth-order valence-corrected chi connectivity index (χ4v) is 3.26. The highest BCUT2D eigenvalue weighted by molar-refractivity contribution is 14.1. The molecule has 0 saturated heterocycles. The van der Waals surface area contributed by atoms with Gasteiger partial charge in [0.15, 0.2) is 0 Å². The van der Waals surface area contributed by atoms with Crippen LogP contribution in [-0.4, -0.2) is 29.1 Å². The summed E-state index contributed by atoms with van der Waals surface area (Å²) in [7, 11) is 0. The van der Waals surface area contributed by atoms with E-state index in [0.29, 0.717) is 15.7 Å². The highest BCUT2D eigenvalue weighted by Gasteiger charge is 2.33. The van der Waals surface area contributed by atoms with Gasteiger partial charge in [-0.25, -0.2) is 0 Å². The largest absolute Gasteiger partial charge is 0.396 e. The van der Waals surface area contributed by atoms with Crippen molar-refractivity contribution in [2.75, 3.05) is 13.2 Å². The number of aliphatic hydroxyl groups is 1. The summed E-state index contributed by atoms with van der Waals surface area (Å²) < 4.78 is 0.667. The van der Waals surface area contributed by atoms with E-state index < -0.39 is 4.92 Å². The van der Waals surface area contributed by atoms with Crippen LogP contribution in [0, 0.1) is 19.1 Å². The highest BCUT2D eigenvalue weighted by atomic mass is 127. The molecule has 1 saturated carbocycles. The summed E-state index contributed by atoms with van der Waals surface area (Å²) in [6, 6.07) is 4.23. The normalized spacial score (nSPS) is 16.7. The Morgan fingerprint density at radius 3 is 2.67 bits per heavy atom. The second-order valence-corrected chi connectivity index (χ2v) is 6.63. The van der Waals surface area contributed by atoms with E-state index in [2.05, 4.69) is 5.32 Å². The molecular formula is C14H17IN2O4. The van der Waals surface area contributed by atoms with Crippen LogP contribution in [0.1, 0.15) is 36.0 Å². The Kier molecular flexibility index (Phi) is 5.15. The summed E-state index contributed by atoms with van der Waals surface area (Å²) in [6.45, 7) is 0.459. The number of halogens is 1. The van der Waals surface area contributed by atoms with E-state index in [1.54, 1.807) is 6.07 Å². The maximum atomic E-state index is 12.2. The van der Waals surface area contributed by atoms with Crippen LogP contribution in [0.5, 0.6) is 0 Å². The number of hydrogen-bond donors (Lipinski definition) is 2. The first-order chi connectivity index (χ1) is 9.97. The van der Waals surface area contributed by atoms with Crippen LogP contribution < -0.4 is 5.32 Å². The molecule has 1 aromatic carbocycles. The predicted octanol–water partition coefficient (Wildman–Crippen LogP) is 2.48. The van der Waals surface area contributed by atoms with Gasteiger partial charge in [0.1, 0.15) is 0 Å². The molecule has 1 aromatic rings. The van der Waals surface area contributed by atoms with Gasteiger partial charge in [-0.05, 0) is 41.5 Å². The number of carbonyl (C=O) groups excluding carboxylic acids is 1. The Balaban J connectivity index is 2.09. The van der Waals surface area contributed by atoms with Gasteiger partial charge in [-0.3, -0.25) is 14.9 Å². The van der Waals surface area contributed by atoms with E-state index in [4.69, 9.17) is 0 Å². The number of hydrogen-bond acceptors (Lipinski definition) is 4. The summed E-state index contributed by atoms with van der Waals surface area (Å²) in [5, 5.41) is 23.1. The van der Waals surface area contributed by atoms with Gasteiger partial charge < -0.3 is 10.4 Å². The summed E-state index contributed by atoms with van der Waals surface area (Å²) in [6.07, 6.45) is 3.92. The molecule has 0 atom stereocenters. The molecule has 7 heteroatoms. The molecule has 21 heavy (non-hydrogen) atoms. The zero-order valence-electron chi connectivity index (χ0n) is 11.5. The first-order valence-corrected chi connectivity index (χ1v) is 7.88. The fourth-order valence-electron chi connectivity index (χ4n) is 2.68. The third-order valence-electron chi connectivity index (χ3n) is 4.03. The van der Waals surface area contributed by atoms with Crippen molar-refractivity contribution in [3.05, 3.63) is 37.4 Å². The van der Waals surface area contributed by atoms with Gasteiger partial charge in [-0.2, -0.15) is 0 Å². The first-order valence-electron chi connectivity index (χ1n) is 6.80. The summed E-state index contributed by atoms with van der Waals surface area (Å²) in [4.78, 5) is 22.5. The number of amides is 1. The van der Waals surface area contributed by atoms with E-state index in [9.17, 15) is 20.0 Å². The van der Waals surface area contributed by atoms with Crippen molar-refractivity contribution in [2.24, 2.45) is 5.41 Å². The number of benzene rings is 1. The van der Waals surface area contributed by atoms with E-state index >= 15 is 0 Å². The number of nitro groups is 1. The van der Waals surface area contributed by atoms with E-state index in [-0.39, 0.29) is 23.6 Å². The summed E-state index contributed by atoms with van der Waals surface area (Å²) >= 11 is 1.98. The third-order valence-corrected chi connectivity index (χ3v) is 4.97. The molecule has 0 aromatic heterocycles. The van der Waals surface area contributed by atoms with E-state index in [1.807, 2.05) is 22.6 Å². The molecule has 0 bridgehead atoms. The second kappa shape index (κ2) is 6.69. The maximum Gasteiger partial charge on any atom is 0.270 e. The lowest BCUT2D eigenvalue weighted by Crippen LogP contribution is -2.38. The van der Waals surface area contributed by atoms with Crippen molar-refractivity contribution in [3.63, 3.8) is 0 Å². The SMILES string of the molecule is O=C(NCC1(CO)CCCC1)c1cc([N+](=O)[O-])ccc1I. The predicted molar refractivity (Wildman–Crippen MR) is 86.1 cm³/mol. The molecule has 2 rings (SSSR count). The molecule has 0 aliphatic heterocycles. The molecule has 0 spiro atoms. The second-order valence-electron chi connectivity index (χ2n) is 5.47. The lowest BCUT2D eigenvalue weighted by molar-refractivity contribution is -0.384. The Bertz CT molecular complexity index is 556. The summed E-state index contributed by atoms with van der Waals surface area (Å²) in [5.41, 5.74) is -0.0314. The van der Waals surface area contributed by atoms with Gasteiger partial charge in [0.2, 0.25) is 0 Å². The van der Waals surface area contributed by atoms with Crippen LogP contribution in [-0.2, 0) is 0 Å². The maximum absolute atomic E-state index is 12.2. The number of nitrogens with one attached hydrogen (secondary N) is 1. The van der Waals surface area contributed by atoms with Crippen molar-refractivity contribution in [1.29, 1.82) is 0 Å². The van der Waals surface area contributed by atoms with Crippen LogP contribution >= 0.6 is 22.6 Å². The smallest absolute Gasteiger partial charge is 0.270 e. The molecule has 1 amide bonds. The third kappa shape index (κ3) is 3.70. The monoisotopic (exact) mass is 404 g/mol. The van der Waals surface area contributed by atoms with Gasteiger partial charge in [0.05, 0.1) is 17.1 Å². The van der Waals surface area contributed by atoms with Crippen molar-refractivity contribution >= 4 is 34.2 Å². The molecule has 1 fully saturated rings. The van der Waals surface area contributed by atoms with Gasteiger partial charge in [-0.15, -0.1) is 0 Å². The van der Waals surface area contributed by atoms with Gasteiger partial charge >= 0.3 is 0 Å². The van der Waals surface area contributed by atoms with Crippen LogP contribution in [0.4, 0.5) is 5.69 Å². The topological polar surface area (TPSA) is 92.5 Å². The zero-order chi connectivity index (χ0) is 15.5. The van der Waals surface area contributed by atoms with Crippen molar-refractivity contribution in [3.8, 4) is 0 Å².